The second kappa shape index (κ2) is 4.68. The molecule has 0 saturated heterocycles. The van der Waals surface area contributed by atoms with E-state index >= 15 is 0 Å². The summed E-state index contributed by atoms with van der Waals surface area (Å²) >= 11 is 0. The molecule has 5 heteroatoms. The molecule has 5 N–H and O–H groups in total. The number of primary amides is 1. The van der Waals surface area contributed by atoms with Crippen LogP contribution in [0.2, 0.25) is 0 Å². The van der Waals surface area contributed by atoms with Crippen LogP contribution in [0.1, 0.15) is 12.8 Å². The van der Waals surface area contributed by atoms with Gasteiger partial charge in [0.25, 0.3) is 0 Å². The zero-order valence-electron chi connectivity index (χ0n) is 6.46. The van der Waals surface area contributed by atoms with Crippen LogP contribution in [0, 0.1) is 0 Å². The first-order valence-electron chi connectivity index (χ1n) is 3.33. The summed E-state index contributed by atoms with van der Waals surface area (Å²) < 4.78 is 0. The van der Waals surface area contributed by atoms with Crippen molar-refractivity contribution in [3.63, 3.8) is 0 Å². The second-order valence-electron chi connectivity index (χ2n) is 2.23. The van der Waals surface area contributed by atoms with Crippen LogP contribution in [0.4, 0.5) is 0 Å². The highest BCUT2D eigenvalue weighted by molar-refractivity contribution is 5.82. The normalized spacial score (nSPS) is 12.2. The third-order valence-electron chi connectivity index (χ3n) is 1.28. The number of nitrogens with one attached hydrogen (secondary N) is 1. The van der Waals surface area contributed by atoms with E-state index in [2.05, 4.69) is 5.32 Å². The van der Waals surface area contributed by atoms with Crippen molar-refractivity contribution in [1.82, 2.24) is 5.32 Å². The van der Waals surface area contributed by atoms with E-state index in [1.54, 1.807) is 0 Å². The highest BCUT2D eigenvalue weighted by Crippen LogP contribution is 1.92. The molecule has 0 aromatic carbocycles. The second-order valence-corrected chi connectivity index (χ2v) is 2.23. The zero-order chi connectivity index (χ0) is 8.85. The topological polar surface area (TPSA) is 98.2 Å². The fourth-order valence-corrected chi connectivity index (χ4v) is 0.614. The largest absolute Gasteiger partial charge is 0.370 e. The molecule has 0 aromatic heterocycles. The number of nitrogens with two attached hydrogens (primary N) is 2. The first-order valence-corrected chi connectivity index (χ1v) is 3.33. The van der Waals surface area contributed by atoms with Gasteiger partial charge in [-0.15, -0.1) is 0 Å². The van der Waals surface area contributed by atoms with Crippen molar-refractivity contribution in [2.45, 2.75) is 18.9 Å². The minimum Gasteiger partial charge on any atom is -0.370 e. The number of hydrogen-bond acceptors (Lipinski definition) is 3. The summed E-state index contributed by atoms with van der Waals surface area (Å²) in [7, 11) is 1.49. The number of rotatable bonds is 4. The number of amides is 2. The summed E-state index contributed by atoms with van der Waals surface area (Å²) in [4.78, 5) is 21.0. The van der Waals surface area contributed by atoms with Gasteiger partial charge in [0.05, 0.1) is 6.04 Å². The van der Waals surface area contributed by atoms with Crippen LogP contribution in [0.25, 0.3) is 0 Å². The molecular formula is C6H13N3O2. The van der Waals surface area contributed by atoms with E-state index in [-0.39, 0.29) is 12.3 Å². The van der Waals surface area contributed by atoms with Gasteiger partial charge in [-0.25, -0.2) is 0 Å². The van der Waals surface area contributed by atoms with E-state index in [0.717, 1.165) is 0 Å². The Balaban J connectivity index is 3.60. The fourth-order valence-electron chi connectivity index (χ4n) is 0.614. The Hall–Kier alpha value is -1.10. The lowest BCUT2D eigenvalue weighted by atomic mass is 10.1. The highest BCUT2D eigenvalue weighted by Gasteiger charge is 2.11. The summed E-state index contributed by atoms with van der Waals surface area (Å²) in [5.74, 6) is -0.712. The van der Waals surface area contributed by atoms with E-state index in [1.165, 1.54) is 7.05 Å². The van der Waals surface area contributed by atoms with Gasteiger partial charge in [-0.2, -0.15) is 0 Å². The number of carbonyl (C=O) groups is 2. The summed E-state index contributed by atoms with van der Waals surface area (Å²) in [5.41, 5.74) is 10.2. The Kier molecular flexibility index (Phi) is 4.21. The van der Waals surface area contributed by atoms with Gasteiger partial charge in [-0.3, -0.25) is 9.59 Å². The van der Waals surface area contributed by atoms with E-state index in [1.807, 2.05) is 0 Å². The third-order valence-corrected chi connectivity index (χ3v) is 1.28. The molecule has 64 valence electrons. The van der Waals surface area contributed by atoms with E-state index in [0.29, 0.717) is 6.42 Å². The van der Waals surface area contributed by atoms with Crippen molar-refractivity contribution in [1.29, 1.82) is 0 Å². The maximum absolute atomic E-state index is 10.7. The molecule has 0 heterocycles. The number of likely N-dealkylation sites (N-methyl/N-ethyl adjacent to an activating group) is 1. The molecule has 11 heavy (non-hydrogen) atoms. The van der Waals surface area contributed by atoms with Crippen LogP contribution in [-0.4, -0.2) is 24.9 Å². The molecule has 5 nitrogen and oxygen atoms in total. The minimum atomic E-state index is -0.632. The SMILES string of the molecule is CNC(=O)C(N)CCC(N)=O. The standard InChI is InChI=1S/C6H13N3O2/c1-9-6(11)4(7)2-3-5(8)10/h4H,2-3,7H2,1H3,(H2,8,10)(H,9,11). The lowest BCUT2D eigenvalue weighted by Crippen LogP contribution is -2.39. The van der Waals surface area contributed by atoms with Gasteiger partial charge in [0.1, 0.15) is 0 Å². The Bertz CT molecular complexity index is 158. The van der Waals surface area contributed by atoms with Gasteiger partial charge >= 0.3 is 0 Å². The third kappa shape index (κ3) is 4.32. The summed E-state index contributed by atoms with van der Waals surface area (Å²) in [6.07, 6.45) is 0.448. The molecule has 1 atom stereocenters. The minimum absolute atomic E-state index is 0.147. The van der Waals surface area contributed by atoms with Crippen LogP contribution >= 0.6 is 0 Å². The molecular weight excluding hydrogens is 146 g/mol. The molecule has 0 rings (SSSR count). The number of carbonyl (C=O) groups excluding carboxylic acids is 2. The van der Waals surface area contributed by atoms with Crippen LogP contribution in [0.5, 0.6) is 0 Å². The lowest BCUT2D eigenvalue weighted by Gasteiger charge is -2.07. The predicted octanol–water partition coefficient (Wildman–Crippen LogP) is -1.67. The summed E-state index contributed by atoms with van der Waals surface area (Å²) in [6, 6.07) is -0.632. The van der Waals surface area contributed by atoms with Crippen LogP contribution in [-0.2, 0) is 9.59 Å². The van der Waals surface area contributed by atoms with Crippen molar-refractivity contribution in [3.8, 4) is 0 Å². The van der Waals surface area contributed by atoms with Gasteiger partial charge < -0.3 is 16.8 Å². The summed E-state index contributed by atoms with van der Waals surface area (Å²) in [5, 5.41) is 2.37. The molecule has 1 unspecified atom stereocenters. The van der Waals surface area contributed by atoms with Gasteiger partial charge in [-0.05, 0) is 6.42 Å². The average Bonchev–Trinajstić information content (AvgIpc) is 1.98. The van der Waals surface area contributed by atoms with Crippen LogP contribution < -0.4 is 16.8 Å². The lowest BCUT2D eigenvalue weighted by molar-refractivity contribution is -0.122. The molecule has 0 saturated carbocycles. The van der Waals surface area contributed by atoms with Crippen molar-refractivity contribution < 1.29 is 9.59 Å². The zero-order valence-corrected chi connectivity index (χ0v) is 6.46. The van der Waals surface area contributed by atoms with Gasteiger partial charge in [0.2, 0.25) is 11.8 Å². The molecule has 0 spiro atoms. The number of hydrogen-bond donors (Lipinski definition) is 3. The predicted molar refractivity (Wildman–Crippen MR) is 40.5 cm³/mol. The smallest absolute Gasteiger partial charge is 0.236 e. The highest BCUT2D eigenvalue weighted by atomic mass is 16.2. The molecule has 2 amide bonds. The van der Waals surface area contributed by atoms with E-state index < -0.39 is 11.9 Å². The molecule has 0 fully saturated rings. The van der Waals surface area contributed by atoms with E-state index in [4.69, 9.17) is 11.5 Å². The van der Waals surface area contributed by atoms with Crippen LogP contribution in [0.3, 0.4) is 0 Å². The van der Waals surface area contributed by atoms with Crippen molar-refractivity contribution in [2.75, 3.05) is 7.05 Å². The molecule has 0 bridgehead atoms. The first-order chi connectivity index (χ1) is 5.07. The molecule has 0 aliphatic rings. The Morgan fingerprint density at radius 3 is 2.45 bits per heavy atom. The monoisotopic (exact) mass is 159 g/mol. The Labute approximate surface area is 65.1 Å². The van der Waals surface area contributed by atoms with Crippen molar-refractivity contribution >= 4 is 11.8 Å². The van der Waals surface area contributed by atoms with E-state index in [9.17, 15) is 9.59 Å². The van der Waals surface area contributed by atoms with Crippen LogP contribution in [0.15, 0.2) is 0 Å². The quantitative estimate of drug-likeness (QED) is 0.457. The van der Waals surface area contributed by atoms with Gasteiger partial charge in [0.15, 0.2) is 0 Å². The van der Waals surface area contributed by atoms with Crippen molar-refractivity contribution in [3.05, 3.63) is 0 Å². The van der Waals surface area contributed by atoms with Crippen molar-refractivity contribution in [2.24, 2.45) is 11.5 Å². The van der Waals surface area contributed by atoms with Gasteiger partial charge in [-0.1, -0.05) is 0 Å². The average molecular weight is 159 g/mol. The summed E-state index contributed by atoms with van der Waals surface area (Å²) in [6.45, 7) is 0. The van der Waals surface area contributed by atoms with Gasteiger partial charge in [0, 0.05) is 13.5 Å². The molecule has 0 radical (unpaired) electrons. The first kappa shape index (κ1) is 9.90. The fraction of sp³-hybridized carbons (Fsp3) is 0.667. The Morgan fingerprint density at radius 1 is 1.55 bits per heavy atom. The Morgan fingerprint density at radius 2 is 2.09 bits per heavy atom. The maximum atomic E-state index is 10.7. The molecule has 0 aliphatic carbocycles. The molecule has 0 aliphatic heterocycles. The maximum Gasteiger partial charge on any atom is 0.236 e. The molecule has 0 aromatic rings.